The molecule has 94 valence electrons. The highest BCUT2D eigenvalue weighted by Gasteiger charge is 2.06. The summed E-state index contributed by atoms with van der Waals surface area (Å²) in [5, 5.41) is 3.34. The Bertz CT molecular complexity index is 575. The fourth-order valence-corrected chi connectivity index (χ4v) is 1.68. The van der Waals surface area contributed by atoms with E-state index in [0.29, 0.717) is 22.1 Å². The van der Waals surface area contributed by atoms with Gasteiger partial charge in [0.1, 0.15) is 11.6 Å². The Labute approximate surface area is 109 Å². The predicted octanol–water partition coefficient (Wildman–Crippen LogP) is 3.81. The maximum absolute atomic E-state index is 13.6. The first-order valence-electron chi connectivity index (χ1n) is 5.26. The molecule has 0 atom stereocenters. The van der Waals surface area contributed by atoms with Crippen LogP contribution in [0.4, 0.5) is 21.5 Å². The van der Waals surface area contributed by atoms with Gasteiger partial charge in [-0.05, 0) is 30.3 Å². The minimum absolute atomic E-state index is 0.266. The van der Waals surface area contributed by atoms with E-state index in [4.69, 9.17) is 22.1 Å². The number of ether oxygens (including phenoxy) is 1. The van der Waals surface area contributed by atoms with Gasteiger partial charge >= 0.3 is 0 Å². The van der Waals surface area contributed by atoms with Crippen LogP contribution < -0.4 is 15.8 Å². The highest BCUT2D eigenvalue weighted by atomic mass is 35.5. The molecule has 0 amide bonds. The maximum Gasteiger partial charge on any atom is 0.146 e. The first-order valence-corrected chi connectivity index (χ1v) is 5.63. The summed E-state index contributed by atoms with van der Waals surface area (Å²) >= 11 is 5.82. The molecule has 2 aromatic carbocycles. The number of hydrogen-bond donors (Lipinski definition) is 2. The van der Waals surface area contributed by atoms with Crippen molar-refractivity contribution in [1.29, 1.82) is 0 Å². The number of nitrogen functional groups attached to an aromatic ring is 1. The molecule has 0 unspecified atom stereocenters. The molecule has 0 saturated heterocycles. The van der Waals surface area contributed by atoms with E-state index in [2.05, 4.69) is 5.32 Å². The van der Waals surface area contributed by atoms with Gasteiger partial charge in [0.2, 0.25) is 0 Å². The molecule has 0 aromatic heterocycles. The van der Waals surface area contributed by atoms with Gasteiger partial charge in [-0.2, -0.15) is 0 Å². The van der Waals surface area contributed by atoms with Crippen molar-refractivity contribution in [2.45, 2.75) is 0 Å². The van der Waals surface area contributed by atoms with Gasteiger partial charge in [0.25, 0.3) is 0 Å². The molecule has 0 heterocycles. The van der Waals surface area contributed by atoms with Gasteiger partial charge in [0.15, 0.2) is 0 Å². The molecule has 0 aliphatic heterocycles. The van der Waals surface area contributed by atoms with Gasteiger partial charge < -0.3 is 15.8 Å². The van der Waals surface area contributed by atoms with E-state index >= 15 is 0 Å². The summed E-state index contributed by atoms with van der Waals surface area (Å²) in [5.41, 5.74) is 7.13. The maximum atomic E-state index is 13.6. The lowest BCUT2D eigenvalue weighted by molar-refractivity contribution is 0.415. The summed E-state index contributed by atoms with van der Waals surface area (Å²) in [5.74, 6) is 0.232. The highest BCUT2D eigenvalue weighted by Crippen LogP contribution is 2.29. The van der Waals surface area contributed by atoms with Crippen molar-refractivity contribution in [3.05, 3.63) is 47.2 Å². The van der Waals surface area contributed by atoms with Crippen molar-refractivity contribution >= 4 is 28.7 Å². The summed E-state index contributed by atoms with van der Waals surface area (Å²) in [6.45, 7) is 0. The average molecular weight is 267 g/mol. The Balaban J connectivity index is 2.36. The molecule has 2 rings (SSSR count). The van der Waals surface area contributed by atoms with Crippen LogP contribution in [0.2, 0.25) is 5.02 Å². The normalized spacial score (nSPS) is 10.2. The Morgan fingerprint density at radius 1 is 1.17 bits per heavy atom. The molecule has 2 aromatic rings. The standard InChI is InChI=1S/C13H12ClFN2O/c1-18-9-3-5-11(16)13(7-9)17-12-6-8(14)2-4-10(12)15/h2-7,17H,16H2,1H3. The lowest BCUT2D eigenvalue weighted by atomic mass is 10.2. The van der Waals surface area contributed by atoms with Gasteiger partial charge in [-0.25, -0.2) is 4.39 Å². The number of hydrogen-bond acceptors (Lipinski definition) is 3. The SMILES string of the molecule is COc1ccc(N)c(Nc2cc(Cl)ccc2F)c1. The molecule has 18 heavy (non-hydrogen) atoms. The Kier molecular flexibility index (Phi) is 3.58. The van der Waals surface area contributed by atoms with Crippen molar-refractivity contribution in [3.63, 3.8) is 0 Å². The van der Waals surface area contributed by atoms with Crippen molar-refractivity contribution in [1.82, 2.24) is 0 Å². The largest absolute Gasteiger partial charge is 0.497 e. The molecule has 0 saturated carbocycles. The van der Waals surface area contributed by atoms with Gasteiger partial charge in [0, 0.05) is 11.1 Å². The highest BCUT2D eigenvalue weighted by molar-refractivity contribution is 6.30. The molecule has 3 nitrogen and oxygen atoms in total. The Hall–Kier alpha value is -1.94. The van der Waals surface area contributed by atoms with Crippen LogP contribution in [0.25, 0.3) is 0 Å². The molecule has 0 aliphatic rings. The van der Waals surface area contributed by atoms with Gasteiger partial charge in [0.05, 0.1) is 24.2 Å². The lowest BCUT2D eigenvalue weighted by Crippen LogP contribution is -1.99. The summed E-state index contributed by atoms with van der Waals surface area (Å²) < 4.78 is 18.7. The zero-order chi connectivity index (χ0) is 13.1. The third kappa shape index (κ3) is 2.65. The van der Waals surface area contributed by atoms with Gasteiger partial charge in [-0.15, -0.1) is 0 Å². The molecular weight excluding hydrogens is 255 g/mol. The topological polar surface area (TPSA) is 47.3 Å². The van der Waals surface area contributed by atoms with Crippen LogP contribution in [-0.4, -0.2) is 7.11 Å². The third-order valence-corrected chi connectivity index (χ3v) is 2.69. The number of rotatable bonds is 3. The first-order chi connectivity index (χ1) is 8.60. The number of anilines is 3. The van der Waals surface area contributed by atoms with Crippen LogP contribution in [-0.2, 0) is 0 Å². The molecule has 0 bridgehead atoms. The van der Waals surface area contributed by atoms with Crippen LogP contribution in [0.3, 0.4) is 0 Å². The predicted molar refractivity (Wildman–Crippen MR) is 72.1 cm³/mol. The summed E-state index contributed by atoms with van der Waals surface area (Å²) in [6, 6.07) is 9.38. The molecule has 0 spiro atoms. The van der Waals surface area contributed by atoms with Crippen LogP contribution >= 0.6 is 11.6 Å². The number of halogens is 2. The van der Waals surface area contributed by atoms with E-state index < -0.39 is 5.82 Å². The second-order valence-corrected chi connectivity index (χ2v) is 4.14. The molecule has 5 heteroatoms. The fraction of sp³-hybridized carbons (Fsp3) is 0.0769. The van der Waals surface area contributed by atoms with E-state index in [1.165, 1.54) is 18.2 Å². The van der Waals surface area contributed by atoms with Crippen molar-refractivity contribution in [3.8, 4) is 5.75 Å². The zero-order valence-corrected chi connectivity index (χ0v) is 10.5. The minimum atomic E-state index is -0.401. The zero-order valence-electron chi connectivity index (χ0n) is 9.71. The second-order valence-electron chi connectivity index (χ2n) is 3.70. The van der Waals surface area contributed by atoms with Crippen molar-refractivity contribution in [2.75, 3.05) is 18.2 Å². The number of nitrogens with one attached hydrogen (secondary N) is 1. The Morgan fingerprint density at radius 2 is 1.94 bits per heavy atom. The lowest BCUT2D eigenvalue weighted by Gasteiger charge is -2.11. The third-order valence-electron chi connectivity index (χ3n) is 2.46. The molecule has 3 N–H and O–H groups in total. The Morgan fingerprint density at radius 3 is 2.67 bits per heavy atom. The summed E-state index contributed by atoms with van der Waals surface area (Å²) in [4.78, 5) is 0. The molecule has 0 aliphatic carbocycles. The van der Waals surface area contributed by atoms with Crippen molar-refractivity contribution in [2.24, 2.45) is 0 Å². The van der Waals surface area contributed by atoms with Crippen molar-refractivity contribution < 1.29 is 9.13 Å². The smallest absolute Gasteiger partial charge is 0.146 e. The fourth-order valence-electron chi connectivity index (χ4n) is 1.51. The van der Waals surface area contributed by atoms with Crippen LogP contribution in [0, 0.1) is 5.82 Å². The van der Waals surface area contributed by atoms with E-state index in [1.54, 1.807) is 25.3 Å². The second kappa shape index (κ2) is 5.14. The van der Waals surface area contributed by atoms with Crippen LogP contribution in [0.15, 0.2) is 36.4 Å². The van der Waals surface area contributed by atoms with E-state index in [0.717, 1.165) is 0 Å². The van der Waals surface area contributed by atoms with E-state index in [1.807, 2.05) is 0 Å². The molecule has 0 fully saturated rings. The van der Waals surface area contributed by atoms with Gasteiger partial charge in [-0.3, -0.25) is 0 Å². The number of methoxy groups -OCH3 is 1. The average Bonchev–Trinajstić information content (AvgIpc) is 2.36. The molecular formula is C13H12ClFN2O. The van der Waals surface area contributed by atoms with E-state index in [-0.39, 0.29) is 5.69 Å². The first kappa shape index (κ1) is 12.5. The number of benzene rings is 2. The molecule has 0 radical (unpaired) electrons. The quantitative estimate of drug-likeness (QED) is 0.831. The van der Waals surface area contributed by atoms with Crippen LogP contribution in [0.5, 0.6) is 5.75 Å². The van der Waals surface area contributed by atoms with Crippen LogP contribution in [0.1, 0.15) is 0 Å². The summed E-state index contributed by atoms with van der Waals surface area (Å²) in [7, 11) is 1.55. The minimum Gasteiger partial charge on any atom is -0.497 e. The summed E-state index contributed by atoms with van der Waals surface area (Å²) in [6.07, 6.45) is 0. The van der Waals surface area contributed by atoms with E-state index in [9.17, 15) is 4.39 Å². The number of nitrogens with two attached hydrogens (primary N) is 1. The van der Waals surface area contributed by atoms with Gasteiger partial charge in [-0.1, -0.05) is 11.6 Å². The monoisotopic (exact) mass is 266 g/mol.